The summed E-state index contributed by atoms with van der Waals surface area (Å²) in [7, 11) is 0. The van der Waals surface area contributed by atoms with Gasteiger partial charge in [0.25, 0.3) is 5.91 Å². The predicted octanol–water partition coefficient (Wildman–Crippen LogP) is 3.12. The van der Waals surface area contributed by atoms with Crippen molar-refractivity contribution in [2.45, 2.75) is 32.7 Å². The molecule has 1 N–H and O–H groups in total. The minimum Gasteiger partial charge on any atom is -0.456 e. The lowest BCUT2D eigenvalue weighted by molar-refractivity contribution is -0.147. The van der Waals surface area contributed by atoms with Crippen LogP contribution in [0.15, 0.2) is 57.7 Å². The molecule has 2 aromatic carbocycles. The SMILES string of the molecule is CCc1cccc(NC(=O)COC(=O)CCCn2c(=O)oc3ccccc32)c1. The van der Waals surface area contributed by atoms with Crippen molar-refractivity contribution in [2.75, 3.05) is 11.9 Å². The Balaban J connectivity index is 1.43. The van der Waals surface area contributed by atoms with Gasteiger partial charge in [-0.25, -0.2) is 4.79 Å². The third-order valence-electron chi connectivity index (χ3n) is 4.32. The van der Waals surface area contributed by atoms with Crippen LogP contribution in [0.2, 0.25) is 0 Å². The Morgan fingerprint density at radius 3 is 2.79 bits per heavy atom. The van der Waals surface area contributed by atoms with Crippen molar-refractivity contribution in [1.29, 1.82) is 0 Å². The monoisotopic (exact) mass is 382 g/mol. The number of amides is 1. The van der Waals surface area contributed by atoms with Gasteiger partial charge in [0.05, 0.1) is 5.52 Å². The second-order valence-corrected chi connectivity index (χ2v) is 6.35. The summed E-state index contributed by atoms with van der Waals surface area (Å²) in [6.45, 7) is 2.02. The Bertz CT molecular complexity index is 1030. The molecule has 0 aliphatic rings. The van der Waals surface area contributed by atoms with Crippen LogP contribution in [0.25, 0.3) is 11.1 Å². The molecule has 0 saturated heterocycles. The average Bonchev–Trinajstić information content (AvgIpc) is 3.02. The minimum atomic E-state index is -0.488. The highest BCUT2D eigenvalue weighted by molar-refractivity contribution is 5.92. The molecule has 0 radical (unpaired) electrons. The maximum Gasteiger partial charge on any atom is 0.419 e. The number of nitrogens with zero attached hydrogens (tertiary/aromatic N) is 1. The van der Waals surface area contributed by atoms with Crippen molar-refractivity contribution in [3.05, 3.63) is 64.6 Å². The third-order valence-corrected chi connectivity index (χ3v) is 4.32. The number of fused-ring (bicyclic) bond motifs is 1. The van der Waals surface area contributed by atoms with Crippen LogP contribution in [0.3, 0.4) is 0 Å². The number of oxazole rings is 1. The Labute approximate surface area is 161 Å². The van der Waals surface area contributed by atoms with E-state index in [1.807, 2.05) is 31.2 Å². The number of carbonyl (C=O) groups excluding carboxylic acids is 2. The Morgan fingerprint density at radius 1 is 1.14 bits per heavy atom. The summed E-state index contributed by atoms with van der Waals surface area (Å²) >= 11 is 0. The number of benzene rings is 2. The fraction of sp³-hybridized carbons (Fsp3) is 0.286. The number of hydrogen-bond acceptors (Lipinski definition) is 5. The van der Waals surface area contributed by atoms with E-state index in [1.165, 1.54) is 4.57 Å². The summed E-state index contributed by atoms with van der Waals surface area (Å²) in [5, 5.41) is 2.70. The van der Waals surface area contributed by atoms with Gasteiger partial charge in [-0.3, -0.25) is 14.2 Å². The van der Waals surface area contributed by atoms with Crippen LogP contribution in [0.4, 0.5) is 5.69 Å². The number of carbonyl (C=O) groups is 2. The molecule has 0 aliphatic carbocycles. The van der Waals surface area contributed by atoms with E-state index in [9.17, 15) is 14.4 Å². The molecule has 7 nitrogen and oxygen atoms in total. The third kappa shape index (κ3) is 4.88. The van der Waals surface area contributed by atoms with Gasteiger partial charge in [0.2, 0.25) is 0 Å². The van der Waals surface area contributed by atoms with Crippen molar-refractivity contribution in [1.82, 2.24) is 4.57 Å². The molecule has 7 heteroatoms. The van der Waals surface area contributed by atoms with Gasteiger partial charge in [-0.1, -0.05) is 31.2 Å². The summed E-state index contributed by atoms with van der Waals surface area (Å²) in [6, 6.07) is 14.6. The summed E-state index contributed by atoms with van der Waals surface area (Å²) in [5.41, 5.74) is 2.98. The molecule has 0 spiro atoms. The number of hydrogen-bond donors (Lipinski definition) is 1. The van der Waals surface area contributed by atoms with Crippen molar-refractivity contribution >= 4 is 28.7 Å². The number of para-hydroxylation sites is 2. The molecular weight excluding hydrogens is 360 g/mol. The molecule has 0 unspecified atom stereocenters. The van der Waals surface area contributed by atoms with Gasteiger partial charge < -0.3 is 14.5 Å². The van der Waals surface area contributed by atoms with E-state index in [0.717, 1.165) is 12.0 Å². The van der Waals surface area contributed by atoms with E-state index in [0.29, 0.717) is 29.8 Å². The Hall–Kier alpha value is -3.35. The van der Waals surface area contributed by atoms with Crippen molar-refractivity contribution in [2.24, 2.45) is 0 Å². The van der Waals surface area contributed by atoms with Crippen LogP contribution in [0.5, 0.6) is 0 Å². The average molecular weight is 382 g/mol. The Kier molecular flexibility index (Phi) is 6.26. The van der Waals surface area contributed by atoms with Crippen molar-refractivity contribution < 1.29 is 18.7 Å². The number of rotatable bonds is 8. The van der Waals surface area contributed by atoms with Crippen LogP contribution >= 0.6 is 0 Å². The van der Waals surface area contributed by atoms with Crippen LogP contribution in [-0.4, -0.2) is 23.1 Å². The number of anilines is 1. The highest BCUT2D eigenvalue weighted by Crippen LogP contribution is 2.13. The maximum atomic E-state index is 11.9. The second kappa shape index (κ2) is 9.03. The predicted molar refractivity (Wildman–Crippen MR) is 105 cm³/mol. The molecule has 3 aromatic rings. The molecule has 0 saturated carbocycles. The number of nitrogens with one attached hydrogen (secondary N) is 1. The number of ether oxygens (including phenoxy) is 1. The summed E-state index contributed by atoms with van der Waals surface area (Å²) in [4.78, 5) is 35.7. The van der Waals surface area contributed by atoms with Gasteiger partial charge in [0.1, 0.15) is 0 Å². The molecule has 1 heterocycles. The highest BCUT2D eigenvalue weighted by Gasteiger charge is 2.11. The van der Waals surface area contributed by atoms with Gasteiger partial charge in [-0.05, 0) is 42.7 Å². The van der Waals surface area contributed by atoms with Crippen molar-refractivity contribution in [3.8, 4) is 0 Å². The lowest BCUT2D eigenvalue weighted by Crippen LogP contribution is -2.21. The number of esters is 1. The molecule has 3 rings (SSSR count). The number of aryl methyl sites for hydroxylation is 2. The highest BCUT2D eigenvalue weighted by atomic mass is 16.5. The normalized spacial score (nSPS) is 10.8. The Morgan fingerprint density at radius 2 is 1.96 bits per heavy atom. The van der Waals surface area contributed by atoms with Gasteiger partial charge in [0.15, 0.2) is 12.2 Å². The van der Waals surface area contributed by atoms with E-state index < -0.39 is 17.6 Å². The topological polar surface area (TPSA) is 90.5 Å². The molecule has 0 bridgehead atoms. The summed E-state index contributed by atoms with van der Waals surface area (Å²) in [5.74, 6) is -1.33. The molecule has 146 valence electrons. The zero-order valence-corrected chi connectivity index (χ0v) is 15.6. The van der Waals surface area contributed by atoms with Gasteiger partial charge in [-0.2, -0.15) is 0 Å². The first-order valence-corrected chi connectivity index (χ1v) is 9.19. The zero-order valence-electron chi connectivity index (χ0n) is 15.6. The van der Waals surface area contributed by atoms with E-state index in [2.05, 4.69) is 5.32 Å². The standard InChI is InChI=1S/C21H22N2O5/c1-2-15-7-5-8-16(13-15)22-19(24)14-27-20(25)11-6-12-23-17-9-3-4-10-18(17)28-21(23)26/h3-5,7-10,13H,2,6,11-12,14H2,1H3,(H,22,24). The first-order chi connectivity index (χ1) is 13.6. The fourth-order valence-electron chi connectivity index (χ4n) is 2.89. The van der Waals surface area contributed by atoms with Gasteiger partial charge in [0, 0.05) is 18.7 Å². The second-order valence-electron chi connectivity index (χ2n) is 6.35. The minimum absolute atomic E-state index is 0.102. The molecule has 28 heavy (non-hydrogen) atoms. The van der Waals surface area contributed by atoms with E-state index in [1.54, 1.807) is 24.3 Å². The van der Waals surface area contributed by atoms with Crippen molar-refractivity contribution in [3.63, 3.8) is 0 Å². The molecule has 0 aliphatic heterocycles. The lowest BCUT2D eigenvalue weighted by Gasteiger charge is -2.08. The summed E-state index contributed by atoms with van der Waals surface area (Å²) in [6.07, 6.45) is 1.38. The first kappa shape index (κ1) is 19.4. The molecule has 0 atom stereocenters. The first-order valence-electron chi connectivity index (χ1n) is 9.19. The van der Waals surface area contributed by atoms with E-state index in [-0.39, 0.29) is 13.0 Å². The van der Waals surface area contributed by atoms with Crippen LogP contribution < -0.4 is 11.1 Å². The molecule has 0 fully saturated rings. The van der Waals surface area contributed by atoms with Gasteiger partial charge >= 0.3 is 11.7 Å². The molecule has 1 aromatic heterocycles. The largest absolute Gasteiger partial charge is 0.456 e. The smallest absolute Gasteiger partial charge is 0.419 e. The summed E-state index contributed by atoms with van der Waals surface area (Å²) < 4.78 is 11.6. The lowest BCUT2D eigenvalue weighted by atomic mass is 10.1. The van der Waals surface area contributed by atoms with E-state index >= 15 is 0 Å². The maximum absolute atomic E-state index is 11.9. The van der Waals surface area contributed by atoms with Gasteiger partial charge in [-0.15, -0.1) is 0 Å². The quantitative estimate of drug-likeness (QED) is 0.605. The molecular formula is C21H22N2O5. The number of aromatic nitrogens is 1. The van der Waals surface area contributed by atoms with Crippen LogP contribution in [-0.2, 0) is 27.3 Å². The molecule has 1 amide bonds. The van der Waals surface area contributed by atoms with E-state index in [4.69, 9.17) is 9.15 Å². The van der Waals surface area contributed by atoms with Crippen LogP contribution in [0, 0.1) is 0 Å². The zero-order chi connectivity index (χ0) is 19.9. The van der Waals surface area contributed by atoms with Crippen LogP contribution in [0.1, 0.15) is 25.3 Å². The fourth-order valence-corrected chi connectivity index (χ4v) is 2.89.